The first kappa shape index (κ1) is 18.5. The zero-order chi connectivity index (χ0) is 22.4. The van der Waals surface area contributed by atoms with Crippen LogP contribution < -0.4 is 0 Å². The third-order valence-electron chi connectivity index (χ3n) is 7.25. The summed E-state index contributed by atoms with van der Waals surface area (Å²) in [6, 6.07) is 25.8. The first-order valence-corrected chi connectivity index (χ1v) is 12.5. The fourth-order valence-corrected chi connectivity index (χ4v) is 6.83. The van der Waals surface area contributed by atoms with Crippen molar-refractivity contribution in [3.05, 3.63) is 90.1 Å². The minimum Gasteiger partial charge on any atom is -0.456 e. The third kappa shape index (κ3) is 2.38. The summed E-state index contributed by atoms with van der Waals surface area (Å²) in [6.07, 6.45) is 5.66. The Labute approximate surface area is 199 Å². The standard InChI is InChI=1S/C30H20N2OS/c1-17-7-6-11-23-27(17)21-15-18-8-2-3-9-19(18)16-24(21)32(23)30-31-22-13-14-26-28(29(22)34-30)20-10-4-5-12-25(20)33-26/h2-6,8-17H,7H2,1H3. The summed E-state index contributed by atoms with van der Waals surface area (Å²) in [5.74, 6) is 0.476. The van der Waals surface area contributed by atoms with Crippen molar-refractivity contribution < 1.29 is 4.42 Å². The highest BCUT2D eigenvalue weighted by Gasteiger charge is 2.25. The third-order valence-corrected chi connectivity index (χ3v) is 8.32. The molecule has 1 aliphatic carbocycles. The van der Waals surface area contributed by atoms with E-state index in [0.717, 1.165) is 39.0 Å². The Balaban J connectivity index is 1.50. The predicted molar refractivity (Wildman–Crippen MR) is 143 cm³/mol. The van der Waals surface area contributed by atoms with Crippen LogP contribution in [0.4, 0.5) is 0 Å². The minimum atomic E-state index is 0.476. The first-order valence-electron chi connectivity index (χ1n) is 11.7. The number of rotatable bonds is 1. The van der Waals surface area contributed by atoms with Crippen molar-refractivity contribution in [1.82, 2.24) is 9.55 Å². The van der Waals surface area contributed by atoms with Crippen LogP contribution in [-0.4, -0.2) is 9.55 Å². The zero-order valence-corrected chi connectivity index (χ0v) is 19.4. The molecule has 3 heterocycles. The molecule has 8 rings (SSSR count). The highest BCUT2D eigenvalue weighted by molar-refractivity contribution is 7.22. The molecule has 4 heteroatoms. The lowest BCUT2D eigenvalue weighted by Gasteiger charge is -2.15. The number of thiazole rings is 1. The molecule has 1 atom stereocenters. The van der Waals surface area contributed by atoms with Gasteiger partial charge in [-0.2, -0.15) is 0 Å². The number of benzene rings is 4. The Hall–Kier alpha value is -3.89. The molecule has 3 aromatic heterocycles. The van der Waals surface area contributed by atoms with E-state index in [-0.39, 0.29) is 0 Å². The van der Waals surface area contributed by atoms with Crippen LogP contribution in [0.25, 0.3) is 65.0 Å². The molecule has 1 aliphatic rings. The van der Waals surface area contributed by atoms with Crippen molar-refractivity contribution in [2.45, 2.75) is 19.3 Å². The second-order valence-corrected chi connectivity index (χ2v) is 10.2. The van der Waals surface area contributed by atoms with Crippen molar-refractivity contribution in [3.8, 4) is 5.13 Å². The molecule has 1 unspecified atom stereocenters. The average Bonchev–Trinajstić information content (AvgIpc) is 3.53. The Kier molecular flexibility index (Phi) is 3.59. The topological polar surface area (TPSA) is 31.0 Å². The van der Waals surface area contributed by atoms with Gasteiger partial charge in [0.1, 0.15) is 11.2 Å². The Morgan fingerprint density at radius 2 is 1.74 bits per heavy atom. The van der Waals surface area contributed by atoms with Gasteiger partial charge in [-0.3, -0.25) is 4.57 Å². The molecule has 0 N–H and O–H groups in total. The molecular weight excluding hydrogens is 436 g/mol. The monoisotopic (exact) mass is 456 g/mol. The van der Waals surface area contributed by atoms with Gasteiger partial charge in [0.2, 0.25) is 0 Å². The lowest BCUT2D eigenvalue weighted by Crippen LogP contribution is -2.02. The van der Waals surface area contributed by atoms with Crippen molar-refractivity contribution in [2.75, 3.05) is 0 Å². The summed E-state index contributed by atoms with van der Waals surface area (Å²) in [5.41, 5.74) is 6.78. The molecule has 0 saturated heterocycles. The molecule has 0 bridgehead atoms. The van der Waals surface area contributed by atoms with Gasteiger partial charge < -0.3 is 4.42 Å². The summed E-state index contributed by atoms with van der Waals surface area (Å²) in [4.78, 5) is 5.16. The van der Waals surface area contributed by atoms with Gasteiger partial charge in [0, 0.05) is 16.2 Å². The maximum absolute atomic E-state index is 6.14. The molecule has 0 saturated carbocycles. The summed E-state index contributed by atoms with van der Waals surface area (Å²) in [5, 5.41) is 7.20. The van der Waals surface area contributed by atoms with Crippen LogP contribution in [0.1, 0.15) is 30.5 Å². The van der Waals surface area contributed by atoms with Crippen molar-refractivity contribution in [1.29, 1.82) is 0 Å². The number of aromatic nitrogens is 2. The lowest BCUT2D eigenvalue weighted by molar-refractivity contribution is 0.669. The van der Waals surface area contributed by atoms with E-state index in [1.165, 1.54) is 37.6 Å². The molecule has 0 spiro atoms. The molecule has 0 aliphatic heterocycles. The van der Waals surface area contributed by atoms with E-state index in [9.17, 15) is 0 Å². The van der Waals surface area contributed by atoms with E-state index in [1.807, 2.05) is 12.1 Å². The Morgan fingerprint density at radius 1 is 0.912 bits per heavy atom. The zero-order valence-electron chi connectivity index (χ0n) is 18.6. The summed E-state index contributed by atoms with van der Waals surface area (Å²) >= 11 is 1.76. The van der Waals surface area contributed by atoms with E-state index in [1.54, 1.807) is 11.3 Å². The van der Waals surface area contributed by atoms with Gasteiger partial charge in [0.25, 0.3) is 0 Å². The van der Waals surface area contributed by atoms with Gasteiger partial charge in [-0.05, 0) is 65.1 Å². The van der Waals surface area contributed by atoms with Crippen LogP contribution in [0, 0.1) is 0 Å². The summed E-state index contributed by atoms with van der Waals surface area (Å²) in [7, 11) is 0. The van der Waals surface area contributed by atoms with Crippen molar-refractivity contribution in [3.63, 3.8) is 0 Å². The number of hydrogen-bond donors (Lipinski definition) is 0. The van der Waals surface area contributed by atoms with Crippen LogP contribution >= 0.6 is 11.3 Å². The largest absolute Gasteiger partial charge is 0.456 e. The normalized spacial score (nSPS) is 15.9. The fraction of sp³-hybridized carbons (Fsp3) is 0.100. The second-order valence-electron chi connectivity index (χ2n) is 9.27. The molecule has 0 radical (unpaired) electrons. The SMILES string of the molecule is CC1CC=Cc2c1c1cc3ccccc3cc1n2-c1nc2ccc3oc4ccccc4c3c2s1. The number of para-hydroxylation sites is 1. The predicted octanol–water partition coefficient (Wildman–Crippen LogP) is 8.81. The van der Waals surface area contributed by atoms with Crippen LogP contribution in [0.2, 0.25) is 0 Å². The molecule has 0 amide bonds. The fourth-order valence-electron chi connectivity index (χ4n) is 5.69. The number of furan rings is 1. The van der Waals surface area contributed by atoms with E-state index >= 15 is 0 Å². The second kappa shape index (κ2) is 6.58. The van der Waals surface area contributed by atoms with Gasteiger partial charge in [-0.25, -0.2) is 4.98 Å². The summed E-state index contributed by atoms with van der Waals surface area (Å²) in [6.45, 7) is 2.33. The molecule has 34 heavy (non-hydrogen) atoms. The number of allylic oxidation sites excluding steroid dienone is 1. The van der Waals surface area contributed by atoms with Gasteiger partial charge in [-0.1, -0.05) is 66.8 Å². The first-order chi connectivity index (χ1) is 16.8. The molecule has 162 valence electrons. The average molecular weight is 457 g/mol. The minimum absolute atomic E-state index is 0.476. The lowest BCUT2D eigenvalue weighted by atomic mass is 9.90. The Bertz CT molecular complexity index is 1970. The highest BCUT2D eigenvalue weighted by Crippen LogP contribution is 2.44. The molecule has 3 nitrogen and oxygen atoms in total. The van der Waals surface area contributed by atoms with Gasteiger partial charge in [0.05, 0.1) is 21.4 Å². The Morgan fingerprint density at radius 3 is 2.65 bits per heavy atom. The van der Waals surface area contributed by atoms with Crippen molar-refractivity contribution in [2.24, 2.45) is 0 Å². The van der Waals surface area contributed by atoms with E-state index in [0.29, 0.717) is 5.92 Å². The smallest absolute Gasteiger partial charge is 0.195 e. The van der Waals surface area contributed by atoms with Crippen LogP contribution in [0.15, 0.2) is 83.3 Å². The number of hydrogen-bond acceptors (Lipinski definition) is 3. The molecular formula is C30H20N2OS. The number of nitrogens with zero attached hydrogens (tertiary/aromatic N) is 2. The van der Waals surface area contributed by atoms with E-state index in [4.69, 9.17) is 9.40 Å². The maximum atomic E-state index is 6.14. The number of fused-ring (bicyclic) bond motifs is 9. The quantitative estimate of drug-likeness (QED) is 0.247. The molecule has 4 aromatic carbocycles. The van der Waals surface area contributed by atoms with Crippen LogP contribution in [-0.2, 0) is 0 Å². The van der Waals surface area contributed by atoms with Gasteiger partial charge in [0.15, 0.2) is 5.13 Å². The van der Waals surface area contributed by atoms with Gasteiger partial charge >= 0.3 is 0 Å². The van der Waals surface area contributed by atoms with E-state index in [2.05, 4.69) is 84.3 Å². The highest BCUT2D eigenvalue weighted by atomic mass is 32.1. The van der Waals surface area contributed by atoms with Crippen LogP contribution in [0.3, 0.4) is 0 Å². The van der Waals surface area contributed by atoms with Crippen LogP contribution in [0.5, 0.6) is 0 Å². The maximum Gasteiger partial charge on any atom is 0.195 e. The molecule has 7 aromatic rings. The van der Waals surface area contributed by atoms with E-state index < -0.39 is 0 Å². The van der Waals surface area contributed by atoms with Crippen molar-refractivity contribution >= 4 is 71.2 Å². The molecule has 0 fully saturated rings. The summed E-state index contributed by atoms with van der Waals surface area (Å²) < 4.78 is 9.70. The van der Waals surface area contributed by atoms with Gasteiger partial charge in [-0.15, -0.1) is 0 Å².